The Labute approximate surface area is 70.8 Å². The quantitative estimate of drug-likeness (QED) is 0.599. The molecule has 1 heterocycles. The molecule has 0 amide bonds. The lowest BCUT2D eigenvalue weighted by molar-refractivity contribution is 0.471. The van der Waals surface area contributed by atoms with Crippen molar-refractivity contribution in [1.82, 2.24) is 4.98 Å². The van der Waals surface area contributed by atoms with Crippen molar-refractivity contribution < 1.29 is 8.81 Å². The fraction of sp³-hybridized carbons (Fsp3) is 0.444. The molecule has 1 aromatic rings. The van der Waals surface area contributed by atoms with E-state index in [0.717, 1.165) is 0 Å². The Bertz CT molecular complexity index is 306. The Kier molecular flexibility index (Phi) is 2.87. The minimum absolute atomic E-state index is 0.242. The number of rotatable bonds is 1. The molecule has 0 aliphatic heterocycles. The first-order valence-corrected chi connectivity index (χ1v) is 3.74. The van der Waals surface area contributed by atoms with Crippen molar-refractivity contribution in [2.45, 2.75) is 19.8 Å². The van der Waals surface area contributed by atoms with Crippen molar-refractivity contribution in [2.24, 2.45) is 0 Å². The van der Waals surface area contributed by atoms with Crippen LogP contribution in [0.3, 0.4) is 0 Å². The number of hydrogen-bond donors (Lipinski definition) is 0. The molecule has 1 aromatic heterocycles. The lowest BCUT2D eigenvalue weighted by atomic mass is 10.2. The Morgan fingerprint density at radius 3 is 2.92 bits per heavy atom. The third kappa shape index (κ3) is 2.09. The van der Waals surface area contributed by atoms with Crippen LogP contribution in [0.1, 0.15) is 31.4 Å². The molecule has 2 nitrogen and oxygen atoms in total. The van der Waals surface area contributed by atoms with Gasteiger partial charge in [-0.25, -0.2) is 9.37 Å². The van der Waals surface area contributed by atoms with Crippen molar-refractivity contribution >= 4 is 0 Å². The van der Waals surface area contributed by atoms with Gasteiger partial charge in [-0.1, -0.05) is 19.8 Å². The van der Waals surface area contributed by atoms with E-state index in [4.69, 9.17) is 4.42 Å². The van der Waals surface area contributed by atoms with Gasteiger partial charge in [0.15, 0.2) is 18.3 Å². The van der Waals surface area contributed by atoms with Crippen molar-refractivity contribution in [2.75, 3.05) is 6.67 Å². The molecule has 0 N–H and O–H groups in total. The molecule has 3 heteroatoms. The van der Waals surface area contributed by atoms with Crippen molar-refractivity contribution in [1.29, 1.82) is 0 Å². The molecule has 0 atom stereocenters. The van der Waals surface area contributed by atoms with Crippen LogP contribution < -0.4 is 0 Å². The molecule has 12 heavy (non-hydrogen) atoms. The predicted octanol–water partition coefficient (Wildman–Crippen LogP) is 2.12. The zero-order valence-corrected chi connectivity index (χ0v) is 7.10. The highest BCUT2D eigenvalue weighted by molar-refractivity contribution is 5.24. The molecule has 0 saturated carbocycles. The third-order valence-corrected chi connectivity index (χ3v) is 1.30. The Morgan fingerprint density at radius 2 is 2.42 bits per heavy atom. The second-order valence-corrected chi connectivity index (χ2v) is 2.66. The molecule has 64 valence electrons. The molecule has 0 spiro atoms. The first-order chi connectivity index (χ1) is 5.74. The SMILES string of the molecule is CC(C)c1nc(C#CCF)co1. The van der Waals surface area contributed by atoms with E-state index >= 15 is 0 Å². The summed E-state index contributed by atoms with van der Waals surface area (Å²) in [5, 5.41) is 0. The van der Waals surface area contributed by atoms with Gasteiger partial charge < -0.3 is 4.42 Å². The van der Waals surface area contributed by atoms with Crippen LogP contribution >= 0.6 is 0 Å². The predicted molar refractivity (Wildman–Crippen MR) is 43.4 cm³/mol. The van der Waals surface area contributed by atoms with E-state index in [1.165, 1.54) is 6.26 Å². The summed E-state index contributed by atoms with van der Waals surface area (Å²) < 4.78 is 16.7. The molecule has 0 saturated heterocycles. The summed E-state index contributed by atoms with van der Waals surface area (Å²) in [5.74, 6) is 5.70. The van der Waals surface area contributed by atoms with Crippen molar-refractivity contribution in [3.8, 4) is 11.8 Å². The summed E-state index contributed by atoms with van der Waals surface area (Å²) in [5.41, 5.74) is 0.497. The maximum Gasteiger partial charge on any atom is 0.197 e. The Hall–Kier alpha value is -1.30. The lowest BCUT2D eigenvalue weighted by Crippen LogP contribution is -1.86. The van der Waals surface area contributed by atoms with Gasteiger partial charge in [-0.2, -0.15) is 0 Å². The van der Waals surface area contributed by atoms with Crippen LogP contribution in [0.25, 0.3) is 0 Å². The van der Waals surface area contributed by atoms with E-state index < -0.39 is 6.67 Å². The van der Waals surface area contributed by atoms with Crippen LogP contribution in [-0.2, 0) is 0 Å². The maximum atomic E-state index is 11.6. The average Bonchev–Trinajstić information content (AvgIpc) is 2.48. The van der Waals surface area contributed by atoms with Gasteiger partial charge in [0.05, 0.1) is 0 Å². The lowest BCUT2D eigenvalue weighted by Gasteiger charge is -1.93. The summed E-state index contributed by atoms with van der Waals surface area (Å²) in [7, 11) is 0. The summed E-state index contributed by atoms with van der Waals surface area (Å²) in [6.07, 6.45) is 1.44. The number of oxazole rings is 1. The van der Waals surface area contributed by atoms with Gasteiger partial charge in [0.1, 0.15) is 6.26 Å². The van der Waals surface area contributed by atoms with Gasteiger partial charge in [0, 0.05) is 5.92 Å². The highest BCUT2D eigenvalue weighted by Gasteiger charge is 2.05. The number of hydrogen-bond acceptors (Lipinski definition) is 2. The van der Waals surface area contributed by atoms with Crippen LogP contribution in [0.4, 0.5) is 4.39 Å². The maximum absolute atomic E-state index is 11.6. The molecule has 0 fully saturated rings. The molecular formula is C9H10FNO. The van der Waals surface area contributed by atoms with E-state index in [-0.39, 0.29) is 5.92 Å². The largest absolute Gasteiger partial charge is 0.447 e. The van der Waals surface area contributed by atoms with Gasteiger partial charge in [-0.05, 0) is 5.92 Å². The first-order valence-electron chi connectivity index (χ1n) is 3.74. The van der Waals surface area contributed by atoms with Crippen LogP contribution in [0.5, 0.6) is 0 Å². The third-order valence-electron chi connectivity index (χ3n) is 1.30. The second kappa shape index (κ2) is 3.91. The molecule has 0 bridgehead atoms. The van der Waals surface area contributed by atoms with Crippen molar-refractivity contribution in [3.05, 3.63) is 17.8 Å². The van der Waals surface area contributed by atoms with Crippen molar-refractivity contribution in [3.63, 3.8) is 0 Å². The average molecular weight is 167 g/mol. The number of halogens is 1. The fourth-order valence-corrected chi connectivity index (χ4v) is 0.734. The van der Waals surface area contributed by atoms with Crippen LogP contribution in [0.2, 0.25) is 0 Å². The van der Waals surface area contributed by atoms with E-state index in [2.05, 4.69) is 16.8 Å². The van der Waals surface area contributed by atoms with Crippen LogP contribution in [0.15, 0.2) is 10.7 Å². The van der Waals surface area contributed by atoms with E-state index in [0.29, 0.717) is 11.6 Å². The Morgan fingerprint density at radius 1 is 1.67 bits per heavy atom. The molecule has 0 radical (unpaired) electrons. The van der Waals surface area contributed by atoms with E-state index in [9.17, 15) is 4.39 Å². The number of aromatic nitrogens is 1. The fourth-order valence-electron chi connectivity index (χ4n) is 0.734. The highest BCUT2D eigenvalue weighted by atomic mass is 19.1. The summed E-state index contributed by atoms with van der Waals surface area (Å²) in [6.45, 7) is 3.29. The minimum atomic E-state index is -0.649. The van der Waals surface area contributed by atoms with Gasteiger partial charge >= 0.3 is 0 Å². The summed E-state index contributed by atoms with van der Waals surface area (Å²) >= 11 is 0. The number of nitrogens with zero attached hydrogens (tertiary/aromatic N) is 1. The summed E-state index contributed by atoms with van der Waals surface area (Å²) in [6, 6.07) is 0. The highest BCUT2D eigenvalue weighted by Crippen LogP contribution is 2.12. The Balaban J connectivity index is 2.77. The molecule has 0 aliphatic rings. The summed E-state index contributed by atoms with van der Waals surface area (Å²) in [4.78, 5) is 4.04. The van der Waals surface area contributed by atoms with Gasteiger partial charge in [0.2, 0.25) is 0 Å². The first kappa shape index (κ1) is 8.79. The molecular weight excluding hydrogens is 157 g/mol. The molecule has 0 unspecified atom stereocenters. The standard InChI is InChI=1S/C9H10FNO/c1-7(2)9-11-8(6-12-9)4-3-5-10/h6-7H,5H2,1-2H3. The molecule has 1 rings (SSSR count). The minimum Gasteiger partial charge on any atom is -0.447 e. The van der Waals surface area contributed by atoms with Gasteiger partial charge in [0.25, 0.3) is 0 Å². The topological polar surface area (TPSA) is 26.0 Å². The number of alkyl halides is 1. The zero-order valence-electron chi connectivity index (χ0n) is 7.10. The monoisotopic (exact) mass is 167 g/mol. The van der Waals surface area contributed by atoms with Crippen LogP contribution in [-0.4, -0.2) is 11.7 Å². The zero-order chi connectivity index (χ0) is 8.97. The smallest absolute Gasteiger partial charge is 0.197 e. The van der Waals surface area contributed by atoms with Gasteiger partial charge in [-0.15, -0.1) is 0 Å². The van der Waals surface area contributed by atoms with E-state index in [1.54, 1.807) is 0 Å². The second-order valence-electron chi connectivity index (χ2n) is 2.66. The normalized spacial score (nSPS) is 9.67. The molecule has 0 aliphatic carbocycles. The van der Waals surface area contributed by atoms with E-state index in [1.807, 2.05) is 13.8 Å². The van der Waals surface area contributed by atoms with Gasteiger partial charge in [-0.3, -0.25) is 0 Å². The van der Waals surface area contributed by atoms with Crippen LogP contribution in [0, 0.1) is 11.8 Å². The molecule has 0 aromatic carbocycles.